The molecular weight excluding hydrogens is 404 g/mol. The van der Waals surface area contributed by atoms with Gasteiger partial charge in [0.25, 0.3) is 0 Å². The van der Waals surface area contributed by atoms with Crippen molar-refractivity contribution < 1.29 is 18.7 Å². The highest BCUT2D eigenvalue weighted by Gasteiger charge is 2.25. The highest BCUT2D eigenvalue weighted by atomic mass is 16.6. The number of fused-ring (bicyclic) bond motifs is 1. The number of aryl methyl sites for hydroxylation is 2. The van der Waals surface area contributed by atoms with Crippen molar-refractivity contribution >= 4 is 16.9 Å². The predicted molar refractivity (Wildman–Crippen MR) is 123 cm³/mol. The van der Waals surface area contributed by atoms with Gasteiger partial charge in [0.1, 0.15) is 11.3 Å². The van der Waals surface area contributed by atoms with Gasteiger partial charge >= 0.3 is 11.6 Å². The van der Waals surface area contributed by atoms with Gasteiger partial charge in [-0.2, -0.15) is 0 Å². The lowest BCUT2D eigenvalue weighted by molar-refractivity contribution is -0.149. The molecule has 0 aliphatic carbocycles. The summed E-state index contributed by atoms with van der Waals surface area (Å²) in [6, 6.07) is 22.6. The first-order valence-corrected chi connectivity index (χ1v) is 10.4. The van der Waals surface area contributed by atoms with Gasteiger partial charge in [0.05, 0.1) is 7.11 Å². The minimum absolute atomic E-state index is 0.369. The third-order valence-electron chi connectivity index (χ3n) is 5.64. The van der Waals surface area contributed by atoms with E-state index in [0.717, 1.165) is 16.5 Å². The van der Waals surface area contributed by atoms with E-state index in [9.17, 15) is 9.59 Å². The summed E-state index contributed by atoms with van der Waals surface area (Å²) in [4.78, 5) is 25.2. The van der Waals surface area contributed by atoms with Crippen LogP contribution in [0.15, 0.2) is 82.0 Å². The Balaban J connectivity index is 1.75. The number of esters is 1. The molecule has 0 aliphatic heterocycles. The largest absolute Gasteiger partial charge is 0.474 e. The maximum atomic E-state index is 12.8. The lowest BCUT2D eigenvalue weighted by Gasteiger charge is -2.19. The number of hydrogen-bond donors (Lipinski definition) is 0. The number of hydrogen-bond acceptors (Lipinski definition) is 5. The third-order valence-corrected chi connectivity index (χ3v) is 5.64. The Morgan fingerprint density at radius 1 is 0.906 bits per heavy atom. The van der Waals surface area contributed by atoms with Crippen molar-refractivity contribution in [3.8, 4) is 5.75 Å². The Kier molecular flexibility index (Phi) is 6.08. The van der Waals surface area contributed by atoms with Crippen molar-refractivity contribution in [2.45, 2.75) is 26.4 Å². The topological polar surface area (TPSA) is 65.7 Å². The Bertz CT molecular complexity index is 1310. The third kappa shape index (κ3) is 4.14. The summed E-state index contributed by atoms with van der Waals surface area (Å²) in [5.41, 5.74) is 3.97. The first-order valence-electron chi connectivity index (χ1n) is 10.4. The monoisotopic (exact) mass is 428 g/mol. The van der Waals surface area contributed by atoms with Crippen LogP contribution in [0.3, 0.4) is 0 Å². The number of benzene rings is 3. The molecule has 0 bridgehead atoms. The molecule has 162 valence electrons. The van der Waals surface area contributed by atoms with Gasteiger partial charge in [-0.15, -0.1) is 0 Å². The summed E-state index contributed by atoms with van der Waals surface area (Å²) in [5, 5.41) is 0.842. The van der Waals surface area contributed by atoms with Crippen molar-refractivity contribution in [2.24, 2.45) is 0 Å². The van der Waals surface area contributed by atoms with Crippen LogP contribution in [-0.2, 0) is 16.0 Å². The van der Waals surface area contributed by atoms with Crippen LogP contribution in [0.4, 0.5) is 0 Å². The second-order valence-corrected chi connectivity index (χ2v) is 7.65. The summed E-state index contributed by atoms with van der Waals surface area (Å²) in [6.07, 6.45) is -0.428. The minimum Gasteiger partial charge on any atom is -0.474 e. The molecule has 32 heavy (non-hydrogen) atoms. The van der Waals surface area contributed by atoms with Crippen molar-refractivity contribution in [1.82, 2.24) is 0 Å². The van der Waals surface area contributed by atoms with Crippen molar-refractivity contribution in [3.63, 3.8) is 0 Å². The molecule has 0 saturated heterocycles. The van der Waals surface area contributed by atoms with Crippen molar-refractivity contribution in [2.75, 3.05) is 7.11 Å². The van der Waals surface area contributed by atoms with E-state index in [0.29, 0.717) is 34.4 Å². The molecule has 0 fully saturated rings. The SMILES string of the molecule is COC(=O)[C@@H](Oc1ccc2c(C)c(Cc3ccccc3)c(=O)oc2c1C)c1ccccc1. The molecule has 1 atom stereocenters. The highest BCUT2D eigenvalue weighted by molar-refractivity contribution is 5.86. The second kappa shape index (κ2) is 9.10. The van der Waals surface area contributed by atoms with E-state index in [1.165, 1.54) is 7.11 Å². The normalized spacial score (nSPS) is 11.8. The zero-order chi connectivity index (χ0) is 22.7. The average Bonchev–Trinajstić information content (AvgIpc) is 2.82. The Hall–Kier alpha value is -3.86. The van der Waals surface area contributed by atoms with Gasteiger partial charge in [-0.05, 0) is 37.1 Å². The van der Waals surface area contributed by atoms with Crippen LogP contribution >= 0.6 is 0 Å². The molecule has 0 saturated carbocycles. The maximum Gasteiger partial charge on any atom is 0.351 e. The fraction of sp³-hybridized carbons (Fsp3) is 0.185. The molecule has 5 nitrogen and oxygen atoms in total. The lowest BCUT2D eigenvalue weighted by Crippen LogP contribution is -2.20. The molecule has 0 radical (unpaired) electrons. The Morgan fingerprint density at radius 3 is 2.22 bits per heavy atom. The number of carbonyl (C=O) groups excluding carboxylic acids is 1. The molecule has 4 rings (SSSR count). The number of rotatable bonds is 6. The summed E-state index contributed by atoms with van der Waals surface area (Å²) < 4.78 is 16.7. The molecule has 0 spiro atoms. The minimum atomic E-state index is -0.928. The van der Waals surface area contributed by atoms with Crippen LogP contribution in [0.25, 0.3) is 11.0 Å². The molecule has 0 unspecified atom stereocenters. The lowest BCUT2D eigenvalue weighted by atomic mass is 9.98. The van der Waals surface area contributed by atoms with E-state index < -0.39 is 12.1 Å². The van der Waals surface area contributed by atoms with Gasteiger partial charge in [-0.1, -0.05) is 60.7 Å². The number of carbonyl (C=O) groups is 1. The van der Waals surface area contributed by atoms with Gasteiger partial charge in [0, 0.05) is 28.5 Å². The molecule has 1 aromatic heterocycles. The maximum absolute atomic E-state index is 12.8. The number of ether oxygens (including phenoxy) is 2. The van der Waals surface area contributed by atoms with Crippen LogP contribution in [0.5, 0.6) is 5.75 Å². The quantitative estimate of drug-likeness (QED) is 0.308. The summed E-state index contributed by atoms with van der Waals surface area (Å²) >= 11 is 0. The van der Waals surface area contributed by atoms with E-state index in [2.05, 4.69) is 0 Å². The van der Waals surface area contributed by atoms with Crippen LogP contribution in [0.1, 0.15) is 33.9 Å². The molecule has 0 N–H and O–H groups in total. The van der Waals surface area contributed by atoms with Gasteiger partial charge in [-0.25, -0.2) is 9.59 Å². The van der Waals surface area contributed by atoms with E-state index in [1.807, 2.05) is 68.4 Å². The molecule has 4 aromatic rings. The van der Waals surface area contributed by atoms with Gasteiger partial charge < -0.3 is 13.9 Å². The Morgan fingerprint density at radius 2 is 1.56 bits per heavy atom. The van der Waals surface area contributed by atoms with Crippen molar-refractivity contribution in [1.29, 1.82) is 0 Å². The summed E-state index contributed by atoms with van der Waals surface area (Å²) in [6.45, 7) is 3.75. The molecule has 0 aliphatic rings. The van der Waals surface area contributed by atoms with E-state index in [1.54, 1.807) is 18.2 Å². The van der Waals surface area contributed by atoms with Gasteiger partial charge in [0.2, 0.25) is 6.10 Å². The van der Waals surface area contributed by atoms with E-state index in [-0.39, 0.29) is 5.63 Å². The van der Waals surface area contributed by atoms with Crippen LogP contribution in [-0.4, -0.2) is 13.1 Å². The Labute approximate surface area is 186 Å². The second-order valence-electron chi connectivity index (χ2n) is 7.65. The smallest absolute Gasteiger partial charge is 0.351 e. The van der Waals surface area contributed by atoms with Crippen molar-refractivity contribution in [3.05, 3.63) is 111 Å². The van der Waals surface area contributed by atoms with E-state index in [4.69, 9.17) is 13.9 Å². The number of methoxy groups -OCH3 is 1. The highest BCUT2D eigenvalue weighted by Crippen LogP contribution is 2.33. The van der Waals surface area contributed by atoms with Gasteiger partial charge in [-0.3, -0.25) is 0 Å². The molecule has 3 aromatic carbocycles. The first kappa shape index (κ1) is 21.4. The van der Waals surface area contributed by atoms with E-state index >= 15 is 0 Å². The standard InChI is InChI=1S/C27H24O5/c1-17-21-14-15-23(31-25(27(29)30-3)20-12-8-5-9-13-20)18(2)24(21)32-26(28)22(17)16-19-10-6-4-7-11-19/h4-15,25H,16H2,1-3H3/t25-/m0/s1. The molecule has 1 heterocycles. The molecule has 5 heteroatoms. The predicted octanol–water partition coefficient (Wildman–Crippen LogP) is 5.29. The fourth-order valence-corrected chi connectivity index (χ4v) is 3.82. The van der Waals surface area contributed by atoms with Crippen LogP contribution in [0, 0.1) is 13.8 Å². The van der Waals surface area contributed by atoms with Crippen LogP contribution < -0.4 is 10.4 Å². The zero-order valence-corrected chi connectivity index (χ0v) is 18.3. The molecule has 0 amide bonds. The zero-order valence-electron chi connectivity index (χ0n) is 18.3. The fourth-order valence-electron chi connectivity index (χ4n) is 3.82. The average molecular weight is 428 g/mol. The summed E-state index contributed by atoms with van der Waals surface area (Å²) in [5.74, 6) is -0.0540. The molecular formula is C27H24O5. The van der Waals surface area contributed by atoms with Gasteiger partial charge in [0.15, 0.2) is 0 Å². The summed E-state index contributed by atoms with van der Waals surface area (Å²) in [7, 11) is 1.32. The van der Waals surface area contributed by atoms with Crippen LogP contribution in [0.2, 0.25) is 0 Å². The first-order chi connectivity index (χ1) is 15.5.